The van der Waals surface area contributed by atoms with E-state index in [0.717, 1.165) is 5.19 Å². The lowest BCUT2D eigenvalue weighted by Crippen LogP contribution is -2.64. The van der Waals surface area contributed by atoms with Crippen molar-refractivity contribution in [2.24, 2.45) is 0 Å². The number of benzene rings is 1. The van der Waals surface area contributed by atoms with E-state index in [1.54, 1.807) is 13.8 Å². The second-order valence-electron chi connectivity index (χ2n) is 12.3. The van der Waals surface area contributed by atoms with Crippen molar-refractivity contribution < 1.29 is 33.6 Å². The highest BCUT2D eigenvalue weighted by Gasteiger charge is 2.57. The maximum absolute atomic E-state index is 11.5. The van der Waals surface area contributed by atoms with Crippen LogP contribution in [-0.2, 0) is 13.9 Å². The average Bonchev–Trinajstić information content (AvgIpc) is 3.17. The standard InChI is InChI=1S/C28H44N2O7Si/c1-26(2,3)38(27(4,5)6,18-14-12-11-13-15-18)35-17-20(31)22-23(37-28(7,8)36-22)21(32)19-16-29-25(34-10)30-24(19)33-9/h11-16,20-23,31-32H,17H2,1-10H3/t20-,21+,22-,23?/m1/s1. The van der Waals surface area contributed by atoms with Gasteiger partial charge in [-0.2, -0.15) is 4.98 Å². The number of nitrogens with zero attached hydrogens (tertiary/aromatic N) is 2. The summed E-state index contributed by atoms with van der Waals surface area (Å²) in [4.78, 5) is 8.28. The number of aliphatic hydroxyl groups is 2. The van der Waals surface area contributed by atoms with Gasteiger partial charge >= 0.3 is 6.01 Å². The third-order valence-corrected chi connectivity index (χ3v) is 13.0. The summed E-state index contributed by atoms with van der Waals surface area (Å²) < 4.78 is 29.5. The third kappa shape index (κ3) is 5.90. The molecule has 1 unspecified atom stereocenters. The van der Waals surface area contributed by atoms with Gasteiger partial charge in [0.15, 0.2) is 5.79 Å². The Balaban J connectivity index is 1.94. The molecule has 10 heteroatoms. The fourth-order valence-electron chi connectivity index (χ4n) is 5.85. The summed E-state index contributed by atoms with van der Waals surface area (Å²) in [5.41, 5.74) is 0.301. The Hall–Kier alpha value is -2.08. The summed E-state index contributed by atoms with van der Waals surface area (Å²) in [6.07, 6.45) is -2.70. The van der Waals surface area contributed by atoms with Crippen molar-refractivity contribution in [1.82, 2.24) is 9.97 Å². The fourth-order valence-corrected chi connectivity index (χ4v) is 11.9. The van der Waals surface area contributed by atoms with Crippen molar-refractivity contribution >= 4 is 13.5 Å². The minimum Gasteiger partial charge on any atom is -0.481 e. The van der Waals surface area contributed by atoms with Crippen LogP contribution in [0, 0.1) is 0 Å². The first-order chi connectivity index (χ1) is 17.6. The number of hydrogen-bond donors (Lipinski definition) is 2. The van der Waals surface area contributed by atoms with Gasteiger partial charge in [0.2, 0.25) is 14.2 Å². The van der Waals surface area contributed by atoms with E-state index < -0.39 is 38.5 Å². The molecule has 1 aromatic carbocycles. The minimum atomic E-state index is -2.74. The van der Waals surface area contributed by atoms with Gasteiger partial charge in [0, 0.05) is 6.20 Å². The second kappa shape index (κ2) is 11.2. The molecule has 0 aliphatic carbocycles. The van der Waals surface area contributed by atoms with Gasteiger partial charge in [-0.1, -0.05) is 71.9 Å². The molecule has 2 aromatic rings. The first-order valence-corrected chi connectivity index (χ1v) is 14.8. The van der Waals surface area contributed by atoms with Crippen LogP contribution in [0.2, 0.25) is 10.1 Å². The summed E-state index contributed by atoms with van der Waals surface area (Å²) in [5, 5.41) is 23.6. The Bertz CT molecular complexity index is 1060. The molecule has 1 saturated heterocycles. The number of aromatic nitrogens is 2. The maximum atomic E-state index is 11.5. The van der Waals surface area contributed by atoms with Crippen LogP contribution in [0.4, 0.5) is 0 Å². The molecule has 0 bridgehead atoms. The molecule has 2 heterocycles. The molecule has 4 atom stereocenters. The molecule has 3 rings (SSSR count). The first kappa shape index (κ1) is 30.5. The van der Waals surface area contributed by atoms with Crippen molar-refractivity contribution in [3.63, 3.8) is 0 Å². The van der Waals surface area contributed by atoms with E-state index in [1.807, 2.05) is 18.2 Å². The Labute approximate surface area is 227 Å². The molecule has 1 aliphatic rings. The van der Waals surface area contributed by atoms with E-state index in [9.17, 15) is 10.2 Å². The van der Waals surface area contributed by atoms with Gasteiger partial charge < -0.3 is 33.6 Å². The van der Waals surface area contributed by atoms with Crippen molar-refractivity contribution in [3.05, 3.63) is 42.1 Å². The Morgan fingerprint density at radius 1 is 0.947 bits per heavy atom. The quantitative estimate of drug-likeness (QED) is 0.451. The smallest absolute Gasteiger partial charge is 0.319 e. The van der Waals surface area contributed by atoms with Gasteiger partial charge in [-0.3, -0.25) is 0 Å². The van der Waals surface area contributed by atoms with Crippen LogP contribution in [-0.4, -0.2) is 73.4 Å². The molecule has 9 nitrogen and oxygen atoms in total. The molecule has 1 aliphatic heterocycles. The highest BCUT2D eigenvalue weighted by Crippen LogP contribution is 2.51. The lowest BCUT2D eigenvalue weighted by atomic mass is 9.99. The van der Waals surface area contributed by atoms with Gasteiger partial charge in [0.05, 0.1) is 26.4 Å². The van der Waals surface area contributed by atoms with Gasteiger partial charge in [-0.05, 0) is 29.1 Å². The molecule has 0 radical (unpaired) electrons. The topological polar surface area (TPSA) is 112 Å². The minimum absolute atomic E-state index is 0.0131. The molecule has 0 amide bonds. The molecular formula is C28H44N2O7Si. The van der Waals surface area contributed by atoms with Crippen molar-refractivity contribution in [1.29, 1.82) is 0 Å². The van der Waals surface area contributed by atoms with Gasteiger partial charge in [-0.25, -0.2) is 4.98 Å². The van der Waals surface area contributed by atoms with E-state index in [1.165, 1.54) is 20.4 Å². The molecular weight excluding hydrogens is 504 g/mol. The van der Waals surface area contributed by atoms with E-state index in [0.29, 0.717) is 5.56 Å². The summed E-state index contributed by atoms with van der Waals surface area (Å²) >= 11 is 0. The first-order valence-electron chi connectivity index (χ1n) is 12.9. The number of hydrogen-bond acceptors (Lipinski definition) is 9. The molecule has 212 valence electrons. The number of aliphatic hydroxyl groups excluding tert-OH is 2. The zero-order chi connectivity index (χ0) is 28.5. The number of rotatable bonds is 9. The van der Waals surface area contributed by atoms with E-state index in [-0.39, 0.29) is 28.6 Å². The monoisotopic (exact) mass is 548 g/mol. The van der Waals surface area contributed by atoms with E-state index in [4.69, 9.17) is 23.4 Å². The summed E-state index contributed by atoms with van der Waals surface area (Å²) in [6.45, 7) is 16.7. The van der Waals surface area contributed by atoms with Crippen LogP contribution in [0.3, 0.4) is 0 Å². The lowest BCUT2D eigenvalue weighted by Gasteiger charge is -2.51. The maximum Gasteiger partial charge on any atom is 0.319 e. The summed E-state index contributed by atoms with van der Waals surface area (Å²) in [6, 6.07) is 10.4. The van der Waals surface area contributed by atoms with Crippen LogP contribution in [0.5, 0.6) is 11.9 Å². The predicted molar refractivity (Wildman–Crippen MR) is 147 cm³/mol. The zero-order valence-electron chi connectivity index (χ0n) is 24.3. The SMILES string of the molecule is COc1ncc([C@H](O)C2OC(C)(C)O[C@@H]2[C@H](O)CO[Si](c2ccccc2)(C(C)(C)C)C(C)(C)C)c(OC)n1. The summed E-state index contributed by atoms with van der Waals surface area (Å²) in [5.74, 6) is -0.891. The normalized spacial score (nSPS) is 21.7. The number of ether oxygens (including phenoxy) is 4. The van der Waals surface area contributed by atoms with Crippen LogP contribution in [0.25, 0.3) is 0 Å². The Morgan fingerprint density at radius 3 is 2.05 bits per heavy atom. The van der Waals surface area contributed by atoms with E-state index in [2.05, 4.69) is 63.6 Å². The average molecular weight is 549 g/mol. The van der Waals surface area contributed by atoms with Gasteiger partial charge in [0.25, 0.3) is 0 Å². The fraction of sp³-hybridized carbons (Fsp3) is 0.643. The van der Waals surface area contributed by atoms with Crippen LogP contribution >= 0.6 is 0 Å². The second-order valence-corrected chi connectivity index (χ2v) is 17.5. The zero-order valence-corrected chi connectivity index (χ0v) is 25.3. The largest absolute Gasteiger partial charge is 0.481 e. The summed E-state index contributed by atoms with van der Waals surface area (Å²) in [7, 11) is 0.156. The van der Waals surface area contributed by atoms with Gasteiger partial charge in [0.1, 0.15) is 24.4 Å². The lowest BCUT2D eigenvalue weighted by molar-refractivity contribution is -0.162. The van der Waals surface area contributed by atoms with Gasteiger partial charge in [-0.15, -0.1) is 0 Å². The van der Waals surface area contributed by atoms with Crippen molar-refractivity contribution in [3.8, 4) is 11.9 Å². The van der Waals surface area contributed by atoms with Crippen LogP contribution in [0.1, 0.15) is 67.1 Å². The molecule has 2 N–H and O–H groups in total. The molecule has 0 spiro atoms. The van der Waals surface area contributed by atoms with Crippen LogP contribution < -0.4 is 14.7 Å². The highest BCUT2D eigenvalue weighted by atomic mass is 28.4. The van der Waals surface area contributed by atoms with Crippen LogP contribution in [0.15, 0.2) is 36.5 Å². The van der Waals surface area contributed by atoms with Crippen molar-refractivity contribution in [2.45, 2.75) is 95.7 Å². The number of methoxy groups -OCH3 is 2. The van der Waals surface area contributed by atoms with Crippen molar-refractivity contribution in [2.75, 3.05) is 20.8 Å². The predicted octanol–water partition coefficient (Wildman–Crippen LogP) is 3.88. The molecule has 1 aromatic heterocycles. The molecule has 1 fully saturated rings. The van der Waals surface area contributed by atoms with E-state index >= 15 is 0 Å². The Kier molecular flexibility index (Phi) is 8.97. The molecule has 38 heavy (non-hydrogen) atoms. The molecule has 0 saturated carbocycles. The highest BCUT2D eigenvalue weighted by molar-refractivity contribution is 6.91. The third-order valence-electron chi connectivity index (χ3n) is 7.07. The Morgan fingerprint density at radius 2 is 1.53 bits per heavy atom.